The Bertz CT molecular complexity index is 591. The van der Waals surface area contributed by atoms with E-state index in [4.69, 9.17) is 0 Å². The average Bonchev–Trinajstić information content (AvgIpc) is 3.19. The molecule has 2 aromatic heterocycles. The number of urea groups is 1. The van der Waals surface area contributed by atoms with Crippen molar-refractivity contribution >= 4 is 17.4 Å². The molecule has 1 aliphatic rings. The molecule has 5 heteroatoms. The summed E-state index contributed by atoms with van der Waals surface area (Å²) < 4.78 is 0. The molecule has 2 aromatic rings. The van der Waals surface area contributed by atoms with Crippen LogP contribution >= 0.6 is 11.3 Å². The van der Waals surface area contributed by atoms with Gasteiger partial charge in [-0.05, 0) is 46.9 Å². The molecule has 0 spiro atoms. The summed E-state index contributed by atoms with van der Waals surface area (Å²) in [5, 5.41) is 10.1. The van der Waals surface area contributed by atoms with Gasteiger partial charge < -0.3 is 10.6 Å². The fourth-order valence-electron chi connectivity index (χ4n) is 2.66. The summed E-state index contributed by atoms with van der Waals surface area (Å²) in [6.07, 6.45) is 8.29. The Kier molecular flexibility index (Phi) is 4.50. The summed E-state index contributed by atoms with van der Waals surface area (Å²) in [5.74, 6) is 0. The molecule has 1 fully saturated rings. The zero-order valence-electron chi connectivity index (χ0n) is 11.8. The van der Waals surface area contributed by atoms with Crippen LogP contribution in [0, 0.1) is 0 Å². The fraction of sp³-hybridized carbons (Fsp3) is 0.375. The number of amides is 2. The number of thiophene rings is 1. The predicted octanol–water partition coefficient (Wildman–Crippen LogP) is 3.55. The van der Waals surface area contributed by atoms with Gasteiger partial charge in [0.15, 0.2) is 0 Å². The van der Waals surface area contributed by atoms with Gasteiger partial charge >= 0.3 is 6.03 Å². The summed E-state index contributed by atoms with van der Waals surface area (Å²) in [5.41, 5.74) is 3.27. The first-order valence-electron chi connectivity index (χ1n) is 7.32. The zero-order chi connectivity index (χ0) is 14.5. The molecule has 0 saturated heterocycles. The van der Waals surface area contributed by atoms with E-state index in [2.05, 4.69) is 38.5 Å². The minimum atomic E-state index is -0.0807. The molecule has 3 rings (SSSR count). The van der Waals surface area contributed by atoms with Crippen molar-refractivity contribution in [3.8, 4) is 11.1 Å². The van der Waals surface area contributed by atoms with Crippen LogP contribution < -0.4 is 10.6 Å². The lowest BCUT2D eigenvalue weighted by atomic mass is 10.1. The van der Waals surface area contributed by atoms with E-state index in [1.54, 1.807) is 17.5 Å². The highest BCUT2D eigenvalue weighted by molar-refractivity contribution is 7.08. The highest BCUT2D eigenvalue weighted by atomic mass is 32.1. The Hall–Kier alpha value is -1.88. The first kappa shape index (κ1) is 14.1. The average molecular weight is 301 g/mol. The Morgan fingerprint density at radius 1 is 1.29 bits per heavy atom. The number of carbonyl (C=O) groups is 1. The SMILES string of the molecule is O=C(NCc1cncc(-c2ccsc2)c1)NC1CCCC1. The molecule has 0 atom stereocenters. The van der Waals surface area contributed by atoms with Crippen molar-refractivity contribution in [3.63, 3.8) is 0 Å². The molecule has 0 bridgehead atoms. The Balaban J connectivity index is 1.55. The van der Waals surface area contributed by atoms with Crippen molar-refractivity contribution in [1.82, 2.24) is 15.6 Å². The van der Waals surface area contributed by atoms with Crippen LogP contribution in [-0.2, 0) is 6.54 Å². The molecule has 0 radical (unpaired) electrons. The number of hydrogen-bond acceptors (Lipinski definition) is 3. The maximum Gasteiger partial charge on any atom is 0.315 e. The lowest BCUT2D eigenvalue weighted by Crippen LogP contribution is -2.40. The number of carbonyl (C=O) groups excluding carboxylic acids is 1. The van der Waals surface area contributed by atoms with Crippen LogP contribution in [0.4, 0.5) is 4.79 Å². The minimum Gasteiger partial charge on any atom is -0.335 e. The number of nitrogens with one attached hydrogen (secondary N) is 2. The number of rotatable bonds is 4. The molecule has 0 aliphatic heterocycles. The first-order chi connectivity index (χ1) is 10.3. The lowest BCUT2D eigenvalue weighted by molar-refractivity contribution is 0.236. The second kappa shape index (κ2) is 6.72. The van der Waals surface area contributed by atoms with E-state index >= 15 is 0 Å². The van der Waals surface area contributed by atoms with Crippen molar-refractivity contribution in [2.24, 2.45) is 0 Å². The van der Waals surface area contributed by atoms with Crippen molar-refractivity contribution in [2.75, 3.05) is 0 Å². The summed E-state index contributed by atoms with van der Waals surface area (Å²) in [6, 6.07) is 4.42. The van der Waals surface area contributed by atoms with E-state index < -0.39 is 0 Å². The van der Waals surface area contributed by atoms with Crippen molar-refractivity contribution in [2.45, 2.75) is 38.3 Å². The maximum absolute atomic E-state index is 11.8. The predicted molar refractivity (Wildman–Crippen MR) is 85.2 cm³/mol. The van der Waals surface area contributed by atoms with Gasteiger partial charge in [-0.2, -0.15) is 11.3 Å². The van der Waals surface area contributed by atoms with Gasteiger partial charge in [-0.25, -0.2) is 4.79 Å². The van der Waals surface area contributed by atoms with Crippen LogP contribution in [0.25, 0.3) is 11.1 Å². The van der Waals surface area contributed by atoms with E-state index in [0.717, 1.165) is 24.0 Å². The standard InChI is InChI=1S/C16H19N3OS/c20-16(19-15-3-1-2-4-15)18-9-12-7-14(10-17-8-12)13-5-6-21-11-13/h5-8,10-11,15H,1-4,9H2,(H2,18,19,20). The van der Waals surface area contributed by atoms with Gasteiger partial charge in [-0.1, -0.05) is 12.8 Å². The van der Waals surface area contributed by atoms with Crippen molar-refractivity contribution in [3.05, 3.63) is 40.8 Å². The van der Waals surface area contributed by atoms with Gasteiger partial charge in [0.2, 0.25) is 0 Å². The van der Waals surface area contributed by atoms with Gasteiger partial charge in [0.05, 0.1) is 0 Å². The van der Waals surface area contributed by atoms with Crippen LogP contribution in [-0.4, -0.2) is 17.1 Å². The molecule has 4 nitrogen and oxygen atoms in total. The second-order valence-electron chi connectivity index (χ2n) is 5.40. The van der Waals surface area contributed by atoms with Crippen LogP contribution in [0.1, 0.15) is 31.2 Å². The van der Waals surface area contributed by atoms with Crippen LogP contribution in [0.15, 0.2) is 35.3 Å². The maximum atomic E-state index is 11.8. The van der Waals surface area contributed by atoms with E-state index in [0.29, 0.717) is 12.6 Å². The molecule has 2 N–H and O–H groups in total. The molecule has 2 heterocycles. The summed E-state index contributed by atoms with van der Waals surface area (Å²) in [7, 11) is 0. The van der Waals surface area contributed by atoms with Gasteiger partial charge in [0.25, 0.3) is 0 Å². The third-order valence-corrected chi connectivity index (χ3v) is 4.48. The van der Waals surface area contributed by atoms with Gasteiger partial charge in [-0.15, -0.1) is 0 Å². The second-order valence-corrected chi connectivity index (χ2v) is 6.18. The topological polar surface area (TPSA) is 54.0 Å². The van der Waals surface area contributed by atoms with E-state index in [1.807, 2.05) is 6.20 Å². The zero-order valence-corrected chi connectivity index (χ0v) is 12.7. The highest BCUT2D eigenvalue weighted by Gasteiger charge is 2.16. The van der Waals surface area contributed by atoms with Crippen LogP contribution in [0.2, 0.25) is 0 Å². The van der Waals surface area contributed by atoms with Gasteiger partial charge in [0, 0.05) is 30.5 Å². The monoisotopic (exact) mass is 301 g/mol. The Labute approximate surface area is 128 Å². The summed E-state index contributed by atoms with van der Waals surface area (Å²) >= 11 is 1.67. The molecular weight excluding hydrogens is 282 g/mol. The van der Waals surface area contributed by atoms with Gasteiger partial charge in [0.1, 0.15) is 0 Å². The highest BCUT2D eigenvalue weighted by Crippen LogP contribution is 2.22. The minimum absolute atomic E-state index is 0.0807. The molecule has 2 amide bonds. The third-order valence-electron chi connectivity index (χ3n) is 3.79. The van der Waals surface area contributed by atoms with Crippen molar-refractivity contribution < 1.29 is 4.79 Å². The van der Waals surface area contributed by atoms with Crippen LogP contribution in [0.5, 0.6) is 0 Å². The molecule has 0 aromatic carbocycles. The number of nitrogens with zero attached hydrogens (tertiary/aromatic N) is 1. The molecular formula is C16H19N3OS. The van der Waals surface area contributed by atoms with Gasteiger partial charge in [-0.3, -0.25) is 4.98 Å². The van der Waals surface area contributed by atoms with Crippen LogP contribution in [0.3, 0.4) is 0 Å². The molecule has 110 valence electrons. The fourth-order valence-corrected chi connectivity index (χ4v) is 3.32. The quantitative estimate of drug-likeness (QED) is 0.907. The third kappa shape index (κ3) is 3.82. The normalized spacial score (nSPS) is 15.0. The summed E-state index contributed by atoms with van der Waals surface area (Å²) in [4.78, 5) is 16.1. The first-order valence-corrected chi connectivity index (χ1v) is 8.26. The largest absolute Gasteiger partial charge is 0.335 e. The molecule has 1 saturated carbocycles. The number of aromatic nitrogens is 1. The summed E-state index contributed by atoms with van der Waals surface area (Å²) in [6.45, 7) is 0.504. The smallest absolute Gasteiger partial charge is 0.315 e. The molecule has 0 unspecified atom stereocenters. The number of pyridine rings is 1. The Morgan fingerprint density at radius 3 is 2.90 bits per heavy atom. The van der Waals surface area contributed by atoms with E-state index in [9.17, 15) is 4.79 Å². The number of hydrogen-bond donors (Lipinski definition) is 2. The van der Waals surface area contributed by atoms with E-state index in [1.165, 1.54) is 18.4 Å². The lowest BCUT2D eigenvalue weighted by Gasteiger charge is -2.13. The van der Waals surface area contributed by atoms with Crippen molar-refractivity contribution in [1.29, 1.82) is 0 Å². The molecule has 1 aliphatic carbocycles. The Morgan fingerprint density at radius 2 is 2.14 bits per heavy atom. The molecule has 21 heavy (non-hydrogen) atoms. The van der Waals surface area contributed by atoms with E-state index in [-0.39, 0.29) is 6.03 Å².